The first-order chi connectivity index (χ1) is 8.49. The third-order valence-corrected chi connectivity index (χ3v) is 5.23. The van der Waals surface area contributed by atoms with E-state index in [1.54, 1.807) is 24.3 Å². The summed E-state index contributed by atoms with van der Waals surface area (Å²) in [4.78, 5) is 0. The molecule has 2 rings (SSSR count). The van der Waals surface area contributed by atoms with Crippen molar-refractivity contribution in [3.8, 4) is 5.75 Å². The number of methoxy groups -OCH3 is 1. The highest BCUT2D eigenvalue weighted by Gasteiger charge is 2.29. The van der Waals surface area contributed by atoms with Crippen molar-refractivity contribution in [1.29, 1.82) is 0 Å². The summed E-state index contributed by atoms with van der Waals surface area (Å²) in [5.41, 5.74) is 0.651. The molecule has 0 amide bonds. The molecule has 0 N–H and O–H groups in total. The molecule has 6 nitrogen and oxygen atoms in total. The van der Waals surface area contributed by atoms with Gasteiger partial charge in [0.1, 0.15) is 14.5 Å². The summed E-state index contributed by atoms with van der Waals surface area (Å²) in [6.45, 7) is 0. The third-order valence-electron chi connectivity index (χ3n) is 1.92. The maximum atomic E-state index is 10.6. The Kier molecular flexibility index (Phi) is 4.28. The molecule has 0 radical (unpaired) electrons. The lowest BCUT2D eigenvalue weighted by Gasteiger charge is -2.13. The molecule has 0 fully saturated rings. The van der Waals surface area contributed by atoms with Crippen molar-refractivity contribution >= 4 is 32.5 Å². The summed E-state index contributed by atoms with van der Waals surface area (Å²) < 4.78 is 46.7. The van der Waals surface area contributed by atoms with Crippen LogP contribution in [0.5, 0.6) is 5.75 Å². The molecule has 1 heterocycles. The molecule has 1 unspecified atom stereocenters. The molecule has 0 aliphatic carbocycles. The molecule has 1 aliphatic heterocycles. The lowest BCUT2D eigenvalue weighted by Crippen LogP contribution is -2.60. The minimum absolute atomic E-state index is 0.394. The number of benzene rings is 1. The highest BCUT2D eigenvalue weighted by molar-refractivity contribution is 8.39. The SMILES string of the molecule is COc1cccc(C2=NSC=S2O[Cl+3]([O-])([O-])[O-])c1. The van der Waals surface area contributed by atoms with Gasteiger partial charge >= 0.3 is 0 Å². The van der Waals surface area contributed by atoms with Gasteiger partial charge in [-0.15, -0.1) is 0 Å². The second-order valence-electron chi connectivity index (χ2n) is 3.07. The highest BCUT2D eigenvalue weighted by Crippen LogP contribution is 2.34. The number of rotatable bonds is 4. The van der Waals surface area contributed by atoms with Gasteiger partial charge in [-0.05, 0) is 12.1 Å². The van der Waals surface area contributed by atoms with Crippen molar-refractivity contribution in [1.82, 2.24) is 0 Å². The normalized spacial score (nSPS) is 19.3. The van der Waals surface area contributed by atoms with Gasteiger partial charge < -0.3 is 4.74 Å². The van der Waals surface area contributed by atoms with Gasteiger partial charge in [-0.1, -0.05) is 12.1 Å². The Morgan fingerprint density at radius 1 is 1.33 bits per heavy atom. The molecule has 0 aromatic heterocycles. The predicted octanol–water partition coefficient (Wildman–Crippen LogP) is -1.04. The Hall–Kier alpha value is -0.610. The molecule has 0 saturated heterocycles. The van der Waals surface area contributed by atoms with Crippen LogP contribution in [0, 0.1) is 10.2 Å². The maximum absolute atomic E-state index is 10.6. The number of hydrogen-bond acceptors (Lipinski definition) is 7. The van der Waals surface area contributed by atoms with E-state index in [0.717, 1.165) is 11.9 Å². The Morgan fingerprint density at radius 2 is 2.11 bits per heavy atom. The van der Waals surface area contributed by atoms with Crippen LogP contribution in [-0.2, 0) is 3.74 Å². The van der Waals surface area contributed by atoms with Crippen LogP contribution in [0.4, 0.5) is 0 Å². The maximum Gasteiger partial charge on any atom is 0.167 e. The quantitative estimate of drug-likeness (QED) is 0.520. The van der Waals surface area contributed by atoms with E-state index in [4.69, 9.17) is 4.74 Å². The number of halogens is 1. The van der Waals surface area contributed by atoms with Crippen LogP contribution in [0.3, 0.4) is 0 Å². The molecule has 1 aromatic carbocycles. The molecule has 0 bridgehead atoms. The number of hydrogen-bond donors (Lipinski definition) is 0. The summed E-state index contributed by atoms with van der Waals surface area (Å²) in [5, 5.41) is 0.394. The molecule has 9 heteroatoms. The average molecular weight is 310 g/mol. The topological polar surface area (TPSA) is 100 Å². The zero-order chi connectivity index (χ0) is 13.2. The second kappa shape index (κ2) is 5.57. The zero-order valence-electron chi connectivity index (χ0n) is 9.07. The van der Waals surface area contributed by atoms with Crippen molar-refractivity contribution in [3.05, 3.63) is 29.8 Å². The first-order valence-electron chi connectivity index (χ1n) is 4.55. The standard InChI is InChI=1S/C9H8ClNO5S2/c1-15-8-4-2-3-7(5-8)9-11-17-6-18(9)16-10(12,13)14/h2-6H,1H3. The first-order valence-corrected chi connectivity index (χ1v) is 7.83. The van der Waals surface area contributed by atoms with Crippen molar-refractivity contribution in [2.45, 2.75) is 0 Å². The lowest BCUT2D eigenvalue weighted by molar-refractivity contribution is -1.91. The average Bonchev–Trinajstić information content (AvgIpc) is 2.75. The van der Waals surface area contributed by atoms with E-state index < -0.39 is 21.0 Å². The molecule has 1 aliphatic rings. The van der Waals surface area contributed by atoms with Gasteiger partial charge in [0, 0.05) is 17.5 Å². The molecular weight excluding hydrogens is 302 g/mol. The number of ether oxygens (including phenoxy) is 1. The monoisotopic (exact) mass is 309 g/mol. The lowest BCUT2D eigenvalue weighted by atomic mass is 10.2. The van der Waals surface area contributed by atoms with Gasteiger partial charge in [-0.3, -0.25) is 0 Å². The fraction of sp³-hybridized carbons (Fsp3) is 0.111. The van der Waals surface area contributed by atoms with Gasteiger partial charge in [-0.2, -0.15) is 14.0 Å². The summed E-state index contributed by atoms with van der Waals surface area (Å²) in [6, 6.07) is 6.91. The molecule has 98 valence electrons. The highest BCUT2D eigenvalue weighted by atomic mass is 35.7. The largest absolute Gasteiger partial charge is 0.497 e. The van der Waals surface area contributed by atoms with Crippen LogP contribution in [0.15, 0.2) is 28.7 Å². The summed E-state index contributed by atoms with van der Waals surface area (Å²) in [5.74, 6) is 0.609. The molecule has 0 saturated carbocycles. The minimum atomic E-state index is -4.48. The predicted molar refractivity (Wildman–Crippen MR) is 61.9 cm³/mol. The Morgan fingerprint density at radius 3 is 2.78 bits per heavy atom. The molecule has 18 heavy (non-hydrogen) atoms. The Balaban J connectivity index is 2.25. The van der Waals surface area contributed by atoms with Crippen LogP contribution >= 0.6 is 22.7 Å². The van der Waals surface area contributed by atoms with Gasteiger partial charge in [0.25, 0.3) is 0 Å². The molecule has 1 aromatic rings. The molecule has 1 atom stereocenters. The Labute approximate surface area is 112 Å². The van der Waals surface area contributed by atoms with Crippen molar-refractivity contribution in [3.63, 3.8) is 0 Å². The third kappa shape index (κ3) is 3.45. The summed E-state index contributed by atoms with van der Waals surface area (Å²) in [6.07, 6.45) is 0. The minimum Gasteiger partial charge on any atom is -0.497 e. The van der Waals surface area contributed by atoms with Crippen LogP contribution in [0.2, 0.25) is 0 Å². The van der Waals surface area contributed by atoms with Crippen molar-refractivity contribution < 1.29 is 32.7 Å². The zero-order valence-corrected chi connectivity index (χ0v) is 11.5. The van der Waals surface area contributed by atoms with Gasteiger partial charge in [0.2, 0.25) is 0 Å². The van der Waals surface area contributed by atoms with E-state index in [1.165, 1.54) is 11.8 Å². The van der Waals surface area contributed by atoms with Crippen molar-refractivity contribution in [2.75, 3.05) is 7.11 Å². The Bertz CT molecular complexity index is 514. The van der Waals surface area contributed by atoms with E-state index in [1.807, 2.05) is 0 Å². The fourth-order valence-corrected chi connectivity index (χ4v) is 4.37. The van der Waals surface area contributed by atoms with Crippen LogP contribution in [-0.4, -0.2) is 16.9 Å². The fourth-order valence-electron chi connectivity index (χ4n) is 1.24. The smallest absolute Gasteiger partial charge is 0.167 e. The summed E-state index contributed by atoms with van der Waals surface area (Å²) in [7, 11) is -4.24. The molecular formula is C9H8ClNO5S2. The van der Waals surface area contributed by atoms with Crippen LogP contribution in [0.1, 0.15) is 5.56 Å². The van der Waals surface area contributed by atoms with Gasteiger partial charge in [0.05, 0.1) is 22.1 Å². The van der Waals surface area contributed by atoms with E-state index in [2.05, 4.69) is 8.13 Å². The first kappa shape index (κ1) is 13.8. The number of nitrogens with zero attached hydrogens (tertiary/aromatic N) is 1. The molecule has 0 spiro atoms. The van der Waals surface area contributed by atoms with E-state index in [-0.39, 0.29) is 0 Å². The van der Waals surface area contributed by atoms with E-state index in [9.17, 15) is 14.0 Å². The second-order valence-corrected chi connectivity index (χ2v) is 6.47. The summed E-state index contributed by atoms with van der Waals surface area (Å²) >= 11 is 1.04. The van der Waals surface area contributed by atoms with E-state index in [0.29, 0.717) is 16.4 Å². The van der Waals surface area contributed by atoms with E-state index >= 15 is 0 Å². The van der Waals surface area contributed by atoms with Gasteiger partial charge in [0.15, 0.2) is 10.8 Å². The van der Waals surface area contributed by atoms with Crippen LogP contribution in [0.25, 0.3) is 0 Å². The van der Waals surface area contributed by atoms with Crippen LogP contribution < -0.4 is 18.7 Å². The van der Waals surface area contributed by atoms with Crippen molar-refractivity contribution in [2.24, 2.45) is 4.40 Å². The van der Waals surface area contributed by atoms with Gasteiger partial charge in [-0.25, -0.2) is 4.40 Å².